The minimum absolute atomic E-state index is 0.119. The predicted molar refractivity (Wildman–Crippen MR) is 73.0 cm³/mol. The van der Waals surface area contributed by atoms with E-state index in [4.69, 9.17) is 4.74 Å². The highest BCUT2D eigenvalue weighted by molar-refractivity contribution is 9.10. The lowest BCUT2D eigenvalue weighted by Crippen LogP contribution is -2.48. The third-order valence-electron chi connectivity index (χ3n) is 2.99. The molecule has 0 aliphatic rings. The summed E-state index contributed by atoms with van der Waals surface area (Å²) in [6, 6.07) is 7.72. The Morgan fingerprint density at radius 1 is 1.47 bits per heavy atom. The number of methoxy groups -OCH3 is 1. The standard InChI is InChI=1S/C13H18BrNO2/c1-9(2)13(3,12(16)17-4)15-11-7-5-6-10(14)8-11/h5-9,15H,1-4H3. The van der Waals surface area contributed by atoms with Crippen LogP contribution in [0, 0.1) is 5.92 Å². The second-order valence-corrected chi connectivity index (χ2v) is 5.40. The number of halogens is 1. The van der Waals surface area contributed by atoms with Crippen LogP contribution in [-0.2, 0) is 9.53 Å². The molecule has 1 atom stereocenters. The Kier molecular flexibility index (Phi) is 4.57. The van der Waals surface area contributed by atoms with Gasteiger partial charge in [-0.25, -0.2) is 4.79 Å². The molecule has 0 spiro atoms. The van der Waals surface area contributed by atoms with Crippen molar-refractivity contribution in [2.45, 2.75) is 26.3 Å². The molecule has 1 aromatic rings. The van der Waals surface area contributed by atoms with Gasteiger partial charge < -0.3 is 10.1 Å². The van der Waals surface area contributed by atoms with Crippen LogP contribution in [0.5, 0.6) is 0 Å². The third-order valence-corrected chi connectivity index (χ3v) is 3.49. The molecule has 0 radical (unpaired) electrons. The van der Waals surface area contributed by atoms with Crippen LogP contribution in [0.3, 0.4) is 0 Å². The molecule has 0 bridgehead atoms. The molecule has 0 amide bonds. The van der Waals surface area contributed by atoms with E-state index in [0.29, 0.717) is 0 Å². The number of benzene rings is 1. The van der Waals surface area contributed by atoms with Gasteiger partial charge in [-0.05, 0) is 31.0 Å². The average molecular weight is 300 g/mol. The number of hydrogen-bond donors (Lipinski definition) is 1. The summed E-state index contributed by atoms with van der Waals surface area (Å²) in [6.45, 7) is 5.83. The van der Waals surface area contributed by atoms with E-state index >= 15 is 0 Å². The summed E-state index contributed by atoms with van der Waals surface area (Å²) in [6.07, 6.45) is 0. The Balaban J connectivity index is 2.99. The molecule has 1 rings (SSSR count). The van der Waals surface area contributed by atoms with Crippen molar-refractivity contribution in [2.75, 3.05) is 12.4 Å². The summed E-state index contributed by atoms with van der Waals surface area (Å²) < 4.78 is 5.84. The number of carbonyl (C=O) groups is 1. The minimum atomic E-state index is -0.727. The molecule has 94 valence electrons. The topological polar surface area (TPSA) is 38.3 Å². The van der Waals surface area contributed by atoms with E-state index in [1.165, 1.54) is 7.11 Å². The molecule has 0 fully saturated rings. The van der Waals surface area contributed by atoms with E-state index in [2.05, 4.69) is 21.2 Å². The molecule has 0 saturated heterocycles. The highest BCUT2D eigenvalue weighted by atomic mass is 79.9. The first-order valence-electron chi connectivity index (χ1n) is 5.52. The molecular formula is C13H18BrNO2. The lowest BCUT2D eigenvalue weighted by atomic mass is 9.88. The van der Waals surface area contributed by atoms with Gasteiger partial charge in [0.2, 0.25) is 0 Å². The SMILES string of the molecule is COC(=O)C(C)(Nc1cccc(Br)c1)C(C)C. The first kappa shape index (κ1) is 14.0. The van der Waals surface area contributed by atoms with Gasteiger partial charge in [-0.15, -0.1) is 0 Å². The van der Waals surface area contributed by atoms with Crippen LogP contribution in [-0.4, -0.2) is 18.6 Å². The van der Waals surface area contributed by atoms with Crippen molar-refractivity contribution in [1.29, 1.82) is 0 Å². The molecule has 1 aromatic carbocycles. The van der Waals surface area contributed by atoms with Gasteiger partial charge in [0, 0.05) is 10.2 Å². The van der Waals surface area contributed by atoms with Gasteiger partial charge in [-0.3, -0.25) is 0 Å². The molecule has 4 heteroatoms. The summed E-state index contributed by atoms with van der Waals surface area (Å²) in [7, 11) is 1.41. The van der Waals surface area contributed by atoms with Crippen molar-refractivity contribution in [2.24, 2.45) is 5.92 Å². The number of rotatable bonds is 4. The molecule has 0 heterocycles. The van der Waals surface area contributed by atoms with Crippen LogP contribution in [0.2, 0.25) is 0 Å². The highest BCUT2D eigenvalue weighted by Crippen LogP contribution is 2.26. The summed E-state index contributed by atoms with van der Waals surface area (Å²) in [5.74, 6) is -0.138. The normalized spacial score (nSPS) is 14.2. The van der Waals surface area contributed by atoms with Crippen LogP contribution >= 0.6 is 15.9 Å². The lowest BCUT2D eigenvalue weighted by Gasteiger charge is -2.32. The van der Waals surface area contributed by atoms with E-state index in [1.54, 1.807) is 0 Å². The van der Waals surface area contributed by atoms with Crippen molar-refractivity contribution in [1.82, 2.24) is 0 Å². The fraction of sp³-hybridized carbons (Fsp3) is 0.462. The van der Waals surface area contributed by atoms with E-state index in [9.17, 15) is 4.79 Å². The zero-order valence-corrected chi connectivity index (χ0v) is 12.2. The first-order chi connectivity index (χ1) is 7.90. The maximum Gasteiger partial charge on any atom is 0.331 e. The molecule has 3 nitrogen and oxygen atoms in total. The number of esters is 1. The number of nitrogens with one attached hydrogen (secondary N) is 1. The van der Waals surface area contributed by atoms with E-state index < -0.39 is 5.54 Å². The molecular weight excluding hydrogens is 282 g/mol. The number of carbonyl (C=O) groups excluding carboxylic acids is 1. The van der Waals surface area contributed by atoms with E-state index in [1.807, 2.05) is 45.0 Å². The van der Waals surface area contributed by atoms with Crippen molar-refractivity contribution in [3.8, 4) is 0 Å². The highest BCUT2D eigenvalue weighted by Gasteiger charge is 2.37. The Morgan fingerprint density at radius 3 is 2.59 bits per heavy atom. The predicted octanol–water partition coefficient (Wildman–Crippen LogP) is 3.45. The second kappa shape index (κ2) is 5.54. The Hall–Kier alpha value is -1.03. The largest absolute Gasteiger partial charge is 0.467 e. The summed E-state index contributed by atoms with van der Waals surface area (Å²) >= 11 is 3.40. The number of ether oxygens (including phenoxy) is 1. The van der Waals surface area contributed by atoms with Crippen LogP contribution in [0.25, 0.3) is 0 Å². The summed E-state index contributed by atoms with van der Waals surface area (Å²) in [5.41, 5.74) is 0.163. The Bertz CT molecular complexity index is 406. The first-order valence-corrected chi connectivity index (χ1v) is 6.31. The molecule has 0 aromatic heterocycles. The summed E-state index contributed by atoms with van der Waals surface area (Å²) in [5, 5.41) is 3.24. The Labute approximate surface area is 111 Å². The lowest BCUT2D eigenvalue weighted by molar-refractivity contribution is -0.146. The zero-order chi connectivity index (χ0) is 13.1. The van der Waals surface area contributed by atoms with Gasteiger partial charge in [-0.1, -0.05) is 35.8 Å². The smallest absolute Gasteiger partial charge is 0.331 e. The number of hydrogen-bond acceptors (Lipinski definition) is 3. The van der Waals surface area contributed by atoms with Crippen LogP contribution in [0.4, 0.5) is 5.69 Å². The van der Waals surface area contributed by atoms with E-state index in [-0.39, 0.29) is 11.9 Å². The fourth-order valence-electron chi connectivity index (χ4n) is 1.51. The Morgan fingerprint density at radius 2 is 2.12 bits per heavy atom. The van der Waals surface area contributed by atoms with Gasteiger partial charge in [-0.2, -0.15) is 0 Å². The van der Waals surface area contributed by atoms with Crippen molar-refractivity contribution >= 4 is 27.6 Å². The monoisotopic (exact) mass is 299 g/mol. The molecule has 0 saturated carbocycles. The van der Waals surface area contributed by atoms with Crippen LogP contribution in [0.15, 0.2) is 28.7 Å². The van der Waals surface area contributed by atoms with Crippen molar-refractivity contribution < 1.29 is 9.53 Å². The molecule has 1 N–H and O–H groups in total. The minimum Gasteiger partial charge on any atom is -0.467 e. The quantitative estimate of drug-likeness (QED) is 0.866. The van der Waals surface area contributed by atoms with Gasteiger partial charge >= 0.3 is 5.97 Å². The second-order valence-electron chi connectivity index (χ2n) is 4.48. The van der Waals surface area contributed by atoms with Crippen LogP contribution in [0.1, 0.15) is 20.8 Å². The molecule has 17 heavy (non-hydrogen) atoms. The summed E-state index contributed by atoms with van der Waals surface area (Å²) in [4.78, 5) is 11.9. The zero-order valence-electron chi connectivity index (χ0n) is 10.6. The maximum atomic E-state index is 11.9. The molecule has 0 aliphatic carbocycles. The van der Waals surface area contributed by atoms with Gasteiger partial charge in [0.15, 0.2) is 0 Å². The third kappa shape index (κ3) is 3.22. The van der Waals surface area contributed by atoms with Crippen molar-refractivity contribution in [3.05, 3.63) is 28.7 Å². The maximum absolute atomic E-state index is 11.9. The number of anilines is 1. The molecule has 1 unspecified atom stereocenters. The van der Waals surface area contributed by atoms with Gasteiger partial charge in [0.25, 0.3) is 0 Å². The fourth-order valence-corrected chi connectivity index (χ4v) is 1.91. The van der Waals surface area contributed by atoms with Crippen LogP contribution < -0.4 is 5.32 Å². The van der Waals surface area contributed by atoms with Gasteiger partial charge in [0.1, 0.15) is 5.54 Å². The average Bonchev–Trinajstić information content (AvgIpc) is 2.27. The van der Waals surface area contributed by atoms with E-state index in [0.717, 1.165) is 10.2 Å². The molecule has 0 aliphatic heterocycles. The van der Waals surface area contributed by atoms with Crippen molar-refractivity contribution in [3.63, 3.8) is 0 Å². The van der Waals surface area contributed by atoms with Gasteiger partial charge in [0.05, 0.1) is 7.11 Å².